The van der Waals surface area contributed by atoms with Crippen LogP contribution in [0, 0.1) is 17.8 Å². The van der Waals surface area contributed by atoms with E-state index in [1.54, 1.807) is 0 Å². The molecule has 1 saturated carbocycles. The van der Waals surface area contributed by atoms with Gasteiger partial charge in [-0.1, -0.05) is 12.2 Å². The fraction of sp³-hybridized carbons (Fsp3) is 0.857. The number of hydrogen-bond acceptors (Lipinski definition) is 3. The minimum atomic E-state index is -0.387. The molecule has 0 radical (unpaired) electrons. The number of ether oxygens (including phenoxy) is 2. The molecule has 0 spiro atoms. The second-order valence-corrected chi connectivity index (χ2v) is 6.15. The lowest BCUT2D eigenvalue weighted by Crippen LogP contribution is -2.34. The van der Waals surface area contributed by atoms with Gasteiger partial charge in [-0.15, -0.1) is 0 Å². The van der Waals surface area contributed by atoms with E-state index in [1.807, 2.05) is 13.8 Å². The van der Waals surface area contributed by atoms with Crippen molar-refractivity contribution in [3.05, 3.63) is 12.2 Å². The van der Waals surface area contributed by atoms with E-state index in [9.17, 15) is 0 Å². The molecular formula is C14H23NO2. The summed E-state index contributed by atoms with van der Waals surface area (Å²) >= 11 is 0. The minimum absolute atomic E-state index is 0.221. The molecule has 2 bridgehead atoms. The molecule has 1 saturated heterocycles. The van der Waals surface area contributed by atoms with Gasteiger partial charge in [0.05, 0.1) is 12.7 Å². The molecule has 17 heavy (non-hydrogen) atoms. The Labute approximate surface area is 104 Å². The summed E-state index contributed by atoms with van der Waals surface area (Å²) in [6.07, 6.45) is 7.81. The Morgan fingerprint density at radius 2 is 2.12 bits per heavy atom. The van der Waals surface area contributed by atoms with Gasteiger partial charge < -0.3 is 14.8 Å². The van der Waals surface area contributed by atoms with Gasteiger partial charge in [0.15, 0.2) is 5.79 Å². The Balaban J connectivity index is 1.37. The molecule has 3 aliphatic rings. The van der Waals surface area contributed by atoms with E-state index in [0.29, 0.717) is 0 Å². The lowest BCUT2D eigenvalue weighted by Gasteiger charge is -2.20. The largest absolute Gasteiger partial charge is 0.348 e. The maximum absolute atomic E-state index is 5.78. The highest BCUT2D eigenvalue weighted by molar-refractivity contribution is 5.10. The second-order valence-electron chi connectivity index (χ2n) is 6.15. The summed E-state index contributed by atoms with van der Waals surface area (Å²) in [5, 5.41) is 3.55. The van der Waals surface area contributed by atoms with E-state index in [2.05, 4.69) is 17.5 Å². The van der Waals surface area contributed by atoms with Gasteiger partial charge in [-0.2, -0.15) is 0 Å². The highest BCUT2D eigenvalue weighted by Crippen LogP contribution is 2.42. The first-order valence-corrected chi connectivity index (χ1v) is 6.83. The fourth-order valence-electron chi connectivity index (χ4n) is 3.42. The van der Waals surface area contributed by atoms with Crippen LogP contribution in [-0.2, 0) is 9.47 Å². The van der Waals surface area contributed by atoms with Crippen molar-refractivity contribution >= 4 is 0 Å². The van der Waals surface area contributed by atoms with Crippen LogP contribution in [0.5, 0.6) is 0 Å². The average Bonchev–Trinajstić information content (AvgIpc) is 2.93. The molecule has 0 amide bonds. The summed E-state index contributed by atoms with van der Waals surface area (Å²) in [5.41, 5.74) is 0. The molecule has 3 rings (SSSR count). The standard InChI is InChI=1S/C14H23NO2/c1-14(2)16-9-13(17-14)8-15-7-12-6-10-3-4-11(12)5-10/h3-4,10-13,15H,5-9H2,1-2H3. The van der Waals surface area contributed by atoms with Gasteiger partial charge in [0.2, 0.25) is 0 Å². The van der Waals surface area contributed by atoms with E-state index < -0.39 is 0 Å². The van der Waals surface area contributed by atoms with Crippen molar-refractivity contribution in [3.8, 4) is 0 Å². The molecule has 96 valence electrons. The monoisotopic (exact) mass is 237 g/mol. The van der Waals surface area contributed by atoms with Crippen molar-refractivity contribution in [2.45, 2.75) is 38.6 Å². The third-order valence-electron chi connectivity index (χ3n) is 4.26. The zero-order valence-corrected chi connectivity index (χ0v) is 10.8. The smallest absolute Gasteiger partial charge is 0.163 e. The van der Waals surface area contributed by atoms with Crippen molar-refractivity contribution in [1.29, 1.82) is 0 Å². The van der Waals surface area contributed by atoms with Crippen LogP contribution in [0.2, 0.25) is 0 Å². The van der Waals surface area contributed by atoms with E-state index in [4.69, 9.17) is 9.47 Å². The molecule has 1 N–H and O–H groups in total. The molecule has 0 aromatic carbocycles. The quantitative estimate of drug-likeness (QED) is 0.758. The van der Waals surface area contributed by atoms with Crippen LogP contribution in [-0.4, -0.2) is 31.6 Å². The van der Waals surface area contributed by atoms with Crippen molar-refractivity contribution < 1.29 is 9.47 Å². The maximum atomic E-state index is 5.78. The van der Waals surface area contributed by atoms with Crippen LogP contribution >= 0.6 is 0 Å². The lowest BCUT2D eigenvalue weighted by molar-refractivity contribution is -0.137. The average molecular weight is 237 g/mol. The van der Waals surface area contributed by atoms with Crippen LogP contribution in [0.4, 0.5) is 0 Å². The van der Waals surface area contributed by atoms with E-state index >= 15 is 0 Å². The normalized spacial score (nSPS) is 42.5. The highest BCUT2D eigenvalue weighted by Gasteiger charge is 2.36. The maximum Gasteiger partial charge on any atom is 0.163 e. The molecule has 2 fully saturated rings. The van der Waals surface area contributed by atoms with Crippen molar-refractivity contribution in [2.24, 2.45) is 17.8 Å². The second kappa shape index (κ2) is 4.38. The molecule has 4 atom stereocenters. The molecule has 2 aliphatic carbocycles. The summed E-state index contributed by atoms with van der Waals surface area (Å²) < 4.78 is 11.3. The van der Waals surface area contributed by atoms with Gasteiger partial charge in [0.1, 0.15) is 0 Å². The first-order valence-electron chi connectivity index (χ1n) is 6.83. The molecule has 0 aromatic heterocycles. The summed E-state index contributed by atoms with van der Waals surface area (Å²) in [6.45, 7) is 6.73. The Morgan fingerprint density at radius 1 is 1.24 bits per heavy atom. The van der Waals surface area contributed by atoms with Gasteiger partial charge >= 0.3 is 0 Å². The molecule has 0 aromatic rings. The van der Waals surface area contributed by atoms with Gasteiger partial charge in [-0.3, -0.25) is 0 Å². The molecule has 1 aliphatic heterocycles. The van der Waals surface area contributed by atoms with Crippen molar-refractivity contribution in [1.82, 2.24) is 5.32 Å². The zero-order chi connectivity index (χ0) is 11.9. The molecule has 3 heteroatoms. The zero-order valence-electron chi connectivity index (χ0n) is 10.8. The molecule has 3 nitrogen and oxygen atoms in total. The fourth-order valence-corrected chi connectivity index (χ4v) is 3.42. The number of nitrogens with one attached hydrogen (secondary N) is 1. The van der Waals surface area contributed by atoms with Crippen molar-refractivity contribution in [2.75, 3.05) is 19.7 Å². The van der Waals surface area contributed by atoms with Crippen molar-refractivity contribution in [3.63, 3.8) is 0 Å². The van der Waals surface area contributed by atoms with Crippen LogP contribution in [0.1, 0.15) is 26.7 Å². The Morgan fingerprint density at radius 3 is 2.71 bits per heavy atom. The van der Waals surface area contributed by atoms with Crippen LogP contribution in [0.3, 0.4) is 0 Å². The van der Waals surface area contributed by atoms with Crippen LogP contribution in [0.15, 0.2) is 12.2 Å². The Bertz CT molecular complexity index is 313. The van der Waals surface area contributed by atoms with E-state index in [-0.39, 0.29) is 11.9 Å². The van der Waals surface area contributed by atoms with E-state index in [0.717, 1.165) is 37.5 Å². The van der Waals surface area contributed by atoms with E-state index in [1.165, 1.54) is 12.8 Å². The van der Waals surface area contributed by atoms with Crippen LogP contribution in [0.25, 0.3) is 0 Å². The SMILES string of the molecule is CC1(C)OCC(CNCC2CC3C=CC2C3)O1. The Kier molecular flexibility index (Phi) is 3.01. The number of rotatable bonds is 4. The number of allylic oxidation sites excluding steroid dienone is 2. The lowest BCUT2D eigenvalue weighted by atomic mass is 9.93. The van der Waals surface area contributed by atoms with Gasteiger partial charge in [-0.05, 0) is 51.0 Å². The van der Waals surface area contributed by atoms with Gasteiger partial charge in [0.25, 0.3) is 0 Å². The number of fused-ring (bicyclic) bond motifs is 2. The predicted octanol–water partition coefficient (Wildman–Crippen LogP) is 1.94. The summed E-state index contributed by atoms with van der Waals surface area (Å²) in [7, 11) is 0. The summed E-state index contributed by atoms with van der Waals surface area (Å²) in [4.78, 5) is 0. The molecule has 4 unspecified atom stereocenters. The Hall–Kier alpha value is -0.380. The highest BCUT2D eigenvalue weighted by atomic mass is 16.7. The van der Waals surface area contributed by atoms with Gasteiger partial charge in [0, 0.05) is 6.54 Å². The predicted molar refractivity (Wildman–Crippen MR) is 66.6 cm³/mol. The number of hydrogen-bond donors (Lipinski definition) is 1. The minimum Gasteiger partial charge on any atom is -0.348 e. The summed E-state index contributed by atoms with van der Waals surface area (Å²) in [6, 6.07) is 0. The molecule has 1 heterocycles. The first-order chi connectivity index (χ1) is 8.12. The summed E-state index contributed by atoms with van der Waals surface area (Å²) in [5.74, 6) is 2.17. The first kappa shape index (κ1) is 11.7. The third kappa shape index (κ3) is 2.56. The third-order valence-corrected chi connectivity index (χ3v) is 4.26. The topological polar surface area (TPSA) is 30.5 Å². The van der Waals surface area contributed by atoms with Crippen LogP contribution < -0.4 is 5.32 Å². The molecular weight excluding hydrogens is 214 g/mol. The van der Waals surface area contributed by atoms with Gasteiger partial charge in [-0.25, -0.2) is 0 Å².